The van der Waals surface area contributed by atoms with E-state index in [1.807, 2.05) is 4.68 Å². The Labute approximate surface area is 160 Å². The molecule has 2 N–H and O–H groups in total. The number of nitrogens with zero attached hydrogens (tertiary/aromatic N) is 4. The SMILES string of the molecule is CC(CNC(=O)c1cn(C2CCNCC2)nn1)N1CCc2ccccc2C1. The molecule has 2 aliphatic rings. The molecule has 144 valence electrons. The average molecular weight is 368 g/mol. The van der Waals surface area contributed by atoms with Gasteiger partial charge >= 0.3 is 0 Å². The van der Waals surface area contributed by atoms with Crippen LogP contribution >= 0.6 is 0 Å². The Morgan fingerprint density at radius 2 is 2.07 bits per heavy atom. The molecule has 1 amide bonds. The predicted octanol–water partition coefficient (Wildman–Crippen LogP) is 1.38. The van der Waals surface area contributed by atoms with Gasteiger partial charge in [0.1, 0.15) is 0 Å². The van der Waals surface area contributed by atoms with Crippen molar-refractivity contribution in [3.63, 3.8) is 0 Å². The summed E-state index contributed by atoms with van der Waals surface area (Å²) in [5.41, 5.74) is 3.25. The Bertz CT molecular complexity index is 782. The van der Waals surface area contributed by atoms with Crippen LogP contribution in [0.2, 0.25) is 0 Å². The van der Waals surface area contributed by atoms with Gasteiger partial charge in [-0.3, -0.25) is 9.69 Å². The number of carbonyl (C=O) groups is 1. The zero-order valence-corrected chi connectivity index (χ0v) is 15.9. The number of aromatic nitrogens is 3. The first-order valence-electron chi connectivity index (χ1n) is 9.92. The molecule has 1 fully saturated rings. The third kappa shape index (κ3) is 4.20. The minimum absolute atomic E-state index is 0.139. The van der Waals surface area contributed by atoms with E-state index in [-0.39, 0.29) is 11.9 Å². The van der Waals surface area contributed by atoms with E-state index in [2.05, 4.69) is 57.0 Å². The van der Waals surface area contributed by atoms with Gasteiger partial charge in [0.25, 0.3) is 5.91 Å². The van der Waals surface area contributed by atoms with E-state index in [0.29, 0.717) is 18.3 Å². The van der Waals surface area contributed by atoms with Gasteiger partial charge in [0.2, 0.25) is 0 Å². The number of benzene rings is 1. The van der Waals surface area contributed by atoms with Crippen molar-refractivity contribution >= 4 is 5.91 Å². The Morgan fingerprint density at radius 1 is 1.30 bits per heavy atom. The fourth-order valence-electron chi connectivity index (χ4n) is 3.98. The summed E-state index contributed by atoms with van der Waals surface area (Å²) in [4.78, 5) is 14.9. The quantitative estimate of drug-likeness (QED) is 0.834. The smallest absolute Gasteiger partial charge is 0.273 e. The number of hydrogen-bond acceptors (Lipinski definition) is 5. The standard InChI is InChI=1S/C20H28N6O/c1-15(25-11-8-16-4-2-3-5-17(16)13-25)12-22-20(27)19-14-26(24-23-19)18-6-9-21-10-7-18/h2-5,14-15,18,21H,6-13H2,1H3,(H,22,27). The van der Waals surface area contributed by atoms with Gasteiger partial charge in [-0.15, -0.1) is 5.10 Å². The molecule has 1 unspecified atom stereocenters. The summed E-state index contributed by atoms with van der Waals surface area (Å²) in [6, 6.07) is 9.24. The zero-order chi connectivity index (χ0) is 18.6. The lowest BCUT2D eigenvalue weighted by Crippen LogP contribution is -2.44. The molecule has 4 rings (SSSR count). The molecule has 0 spiro atoms. The van der Waals surface area contributed by atoms with Crippen LogP contribution in [0, 0.1) is 0 Å². The number of hydrogen-bond donors (Lipinski definition) is 2. The first-order chi connectivity index (χ1) is 13.2. The van der Waals surface area contributed by atoms with Crippen LogP contribution in [0.3, 0.4) is 0 Å². The van der Waals surface area contributed by atoms with Gasteiger partial charge in [-0.05, 0) is 50.4 Å². The van der Waals surface area contributed by atoms with Crippen LogP contribution < -0.4 is 10.6 Å². The summed E-state index contributed by atoms with van der Waals surface area (Å²) in [5.74, 6) is -0.139. The van der Waals surface area contributed by atoms with E-state index in [1.165, 1.54) is 11.1 Å². The molecule has 1 aromatic carbocycles. The van der Waals surface area contributed by atoms with Crippen molar-refractivity contribution < 1.29 is 4.79 Å². The Morgan fingerprint density at radius 3 is 2.89 bits per heavy atom. The molecular weight excluding hydrogens is 340 g/mol. The maximum atomic E-state index is 12.5. The lowest BCUT2D eigenvalue weighted by atomic mass is 9.99. The normalized spacial score (nSPS) is 19.4. The molecule has 2 aliphatic heterocycles. The van der Waals surface area contributed by atoms with Gasteiger partial charge in [0.15, 0.2) is 5.69 Å². The first kappa shape index (κ1) is 18.1. The van der Waals surface area contributed by atoms with Gasteiger partial charge in [0, 0.05) is 25.7 Å². The van der Waals surface area contributed by atoms with Crippen LogP contribution in [-0.2, 0) is 13.0 Å². The topological polar surface area (TPSA) is 75.1 Å². The molecule has 7 heteroatoms. The molecule has 7 nitrogen and oxygen atoms in total. The molecule has 0 bridgehead atoms. The Balaban J connectivity index is 1.29. The monoisotopic (exact) mass is 368 g/mol. The average Bonchev–Trinajstić information content (AvgIpc) is 3.22. The van der Waals surface area contributed by atoms with Crippen molar-refractivity contribution in [3.05, 3.63) is 47.3 Å². The van der Waals surface area contributed by atoms with E-state index >= 15 is 0 Å². The zero-order valence-electron chi connectivity index (χ0n) is 15.9. The number of fused-ring (bicyclic) bond motifs is 1. The fourth-order valence-corrected chi connectivity index (χ4v) is 3.98. The van der Waals surface area contributed by atoms with E-state index in [0.717, 1.165) is 45.4 Å². The van der Waals surface area contributed by atoms with Crippen LogP contribution in [-0.4, -0.2) is 58.0 Å². The minimum atomic E-state index is -0.139. The van der Waals surface area contributed by atoms with Crippen LogP contribution in [0.25, 0.3) is 0 Å². The highest BCUT2D eigenvalue weighted by Gasteiger charge is 2.22. The van der Waals surface area contributed by atoms with Crippen molar-refractivity contribution in [1.29, 1.82) is 0 Å². The van der Waals surface area contributed by atoms with Crippen LogP contribution in [0.1, 0.15) is 47.4 Å². The van der Waals surface area contributed by atoms with Crippen LogP contribution in [0.4, 0.5) is 0 Å². The molecule has 1 saturated heterocycles. The molecule has 1 atom stereocenters. The van der Waals surface area contributed by atoms with Gasteiger partial charge in [0.05, 0.1) is 12.2 Å². The second-order valence-electron chi connectivity index (χ2n) is 7.61. The maximum absolute atomic E-state index is 12.5. The molecule has 1 aromatic heterocycles. The first-order valence-corrected chi connectivity index (χ1v) is 9.92. The van der Waals surface area contributed by atoms with Crippen molar-refractivity contribution in [2.75, 3.05) is 26.2 Å². The van der Waals surface area contributed by atoms with Gasteiger partial charge in [-0.2, -0.15) is 0 Å². The molecule has 3 heterocycles. The second kappa shape index (κ2) is 8.19. The number of rotatable bonds is 5. The summed E-state index contributed by atoms with van der Waals surface area (Å²) in [6.07, 6.45) is 4.90. The summed E-state index contributed by atoms with van der Waals surface area (Å²) in [6.45, 7) is 6.73. The number of carbonyl (C=O) groups excluding carboxylic acids is 1. The molecule has 0 radical (unpaired) electrons. The lowest BCUT2D eigenvalue weighted by molar-refractivity contribution is 0.0927. The van der Waals surface area contributed by atoms with E-state index in [4.69, 9.17) is 0 Å². The van der Waals surface area contributed by atoms with Gasteiger partial charge < -0.3 is 10.6 Å². The lowest BCUT2D eigenvalue weighted by Gasteiger charge is -2.33. The third-order valence-electron chi connectivity index (χ3n) is 5.77. The molecule has 0 saturated carbocycles. The number of nitrogens with one attached hydrogen (secondary N) is 2. The third-order valence-corrected chi connectivity index (χ3v) is 5.77. The Hall–Kier alpha value is -2.25. The molecular formula is C20H28N6O. The second-order valence-corrected chi connectivity index (χ2v) is 7.61. The number of amides is 1. The van der Waals surface area contributed by atoms with Crippen molar-refractivity contribution in [1.82, 2.24) is 30.5 Å². The van der Waals surface area contributed by atoms with E-state index in [9.17, 15) is 4.79 Å². The van der Waals surface area contributed by atoms with Crippen LogP contribution in [0.5, 0.6) is 0 Å². The van der Waals surface area contributed by atoms with E-state index < -0.39 is 0 Å². The summed E-state index contributed by atoms with van der Waals surface area (Å²) in [7, 11) is 0. The summed E-state index contributed by atoms with van der Waals surface area (Å²) >= 11 is 0. The van der Waals surface area contributed by atoms with Gasteiger partial charge in [-0.1, -0.05) is 29.5 Å². The molecule has 27 heavy (non-hydrogen) atoms. The minimum Gasteiger partial charge on any atom is -0.349 e. The van der Waals surface area contributed by atoms with Gasteiger partial charge in [-0.25, -0.2) is 4.68 Å². The van der Waals surface area contributed by atoms with Crippen LogP contribution in [0.15, 0.2) is 30.5 Å². The fraction of sp³-hybridized carbons (Fsp3) is 0.550. The maximum Gasteiger partial charge on any atom is 0.273 e. The van der Waals surface area contributed by atoms with Crippen molar-refractivity contribution in [2.24, 2.45) is 0 Å². The largest absolute Gasteiger partial charge is 0.349 e. The highest BCUT2D eigenvalue weighted by molar-refractivity contribution is 5.91. The highest BCUT2D eigenvalue weighted by Crippen LogP contribution is 2.20. The Kier molecular flexibility index (Phi) is 5.50. The molecule has 2 aromatic rings. The highest BCUT2D eigenvalue weighted by atomic mass is 16.2. The predicted molar refractivity (Wildman–Crippen MR) is 104 cm³/mol. The summed E-state index contributed by atoms with van der Waals surface area (Å²) in [5, 5.41) is 14.6. The van der Waals surface area contributed by atoms with E-state index in [1.54, 1.807) is 6.20 Å². The summed E-state index contributed by atoms with van der Waals surface area (Å²) < 4.78 is 1.85. The van der Waals surface area contributed by atoms with Crippen molar-refractivity contribution in [3.8, 4) is 0 Å². The number of piperidine rings is 1. The van der Waals surface area contributed by atoms with Crippen molar-refractivity contribution in [2.45, 2.75) is 44.8 Å². The molecule has 0 aliphatic carbocycles.